The first-order valence-electron chi connectivity index (χ1n) is 4.02. The number of carbonyl (C=O) groups is 1. The van der Waals surface area contributed by atoms with E-state index in [0.717, 1.165) is 5.01 Å². The molecule has 0 aromatic heterocycles. The van der Waals surface area contributed by atoms with E-state index in [0.29, 0.717) is 13.1 Å². The van der Waals surface area contributed by atoms with E-state index >= 15 is 0 Å². The lowest BCUT2D eigenvalue weighted by molar-refractivity contribution is 0.109. The number of nitrogens with two attached hydrogens (primary N) is 1. The number of rotatable bonds is 5. The highest BCUT2D eigenvalue weighted by molar-refractivity contribution is 5.66. The van der Waals surface area contributed by atoms with Crippen molar-refractivity contribution in [3.63, 3.8) is 0 Å². The van der Waals surface area contributed by atoms with E-state index in [2.05, 4.69) is 6.58 Å². The molecule has 13 heavy (non-hydrogen) atoms. The van der Waals surface area contributed by atoms with Gasteiger partial charge in [-0.05, 0) is 14.1 Å². The summed E-state index contributed by atoms with van der Waals surface area (Å²) in [5, 5.41) is 1.05. The number of amides is 1. The lowest BCUT2D eigenvalue weighted by atomic mass is 10.6. The maximum Gasteiger partial charge on any atom is 0.424 e. The molecule has 0 unspecified atom stereocenters. The van der Waals surface area contributed by atoms with Crippen molar-refractivity contribution in [2.24, 2.45) is 5.84 Å². The largest absolute Gasteiger partial charge is 0.444 e. The summed E-state index contributed by atoms with van der Waals surface area (Å²) in [4.78, 5) is 13.0. The zero-order chi connectivity index (χ0) is 10.3. The lowest BCUT2D eigenvalue weighted by Gasteiger charge is -2.18. The van der Waals surface area contributed by atoms with Gasteiger partial charge in [-0.3, -0.25) is 0 Å². The van der Waals surface area contributed by atoms with Crippen LogP contribution in [0.4, 0.5) is 4.79 Å². The van der Waals surface area contributed by atoms with Gasteiger partial charge in [0, 0.05) is 6.54 Å². The van der Waals surface area contributed by atoms with Gasteiger partial charge in [0.1, 0.15) is 6.61 Å². The minimum absolute atomic E-state index is 0.189. The number of hydrazine groups is 1. The standard InChI is InChI=1S/C8H17N3O2/c1-4-7-13-8(12)11(9)6-5-10(2)3/h4H,1,5-7,9H2,2-3H3. The molecule has 0 fully saturated rings. The predicted molar refractivity (Wildman–Crippen MR) is 51.0 cm³/mol. The fourth-order valence-corrected chi connectivity index (χ4v) is 0.612. The maximum absolute atomic E-state index is 11.0. The summed E-state index contributed by atoms with van der Waals surface area (Å²) in [5.41, 5.74) is 0. The first kappa shape index (κ1) is 11.9. The maximum atomic E-state index is 11.0. The van der Waals surface area contributed by atoms with E-state index in [1.807, 2.05) is 19.0 Å². The quantitative estimate of drug-likeness (QED) is 0.286. The second-order valence-corrected chi connectivity index (χ2v) is 2.86. The normalized spacial score (nSPS) is 9.85. The Labute approximate surface area is 78.7 Å². The topological polar surface area (TPSA) is 58.8 Å². The lowest BCUT2D eigenvalue weighted by Crippen LogP contribution is -2.42. The predicted octanol–water partition coefficient (Wildman–Crippen LogP) is 0.0463. The van der Waals surface area contributed by atoms with Crippen LogP contribution >= 0.6 is 0 Å². The van der Waals surface area contributed by atoms with Gasteiger partial charge in [-0.25, -0.2) is 15.6 Å². The van der Waals surface area contributed by atoms with Crippen molar-refractivity contribution in [3.05, 3.63) is 12.7 Å². The van der Waals surface area contributed by atoms with Gasteiger partial charge in [0.2, 0.25) is 0 Å². The van der Waals surface area contributed by atoms with Crippen LogP contribution in [0.1, 0.15) is 0 Å². The SMILES string of the molecule is C=CCOC(=O)N(N)CCN(C)C. The van der Waals surface area contributed by atoms with Gasteiger partial charge in [-0.2, -0.15) is 0 Å². The van der Waals surface area contributed by atoms with Crippen molar-refractivity contribution in [1.29, 1.82) is 0 Å². The summed E-state index contributed by atoms with van der Waals surface area (Å²) in [7, 11) is 3.81. The fourth-order valence-electron chi connectivity index (χ4n) is 0.612. The smallest absolute Gasteiger partial charge is 0.424 e. The number of ether oxygens (including phenoxy) is 1. The van der Waals surface area contributed by atoms with Crippen molar-refractivity contribution in [2.75, 3.05) is 33.8 Å². The molecule has 5 nitrogen and oxygen atoms in total. The van der Waals surface area contributed by atoms with E-state index < -0.39 is 6.09 Å². The van der Waals surface area contributed by atoms with Crippen molar-refractivity contribution < 1.29 is 9.53 Å². The summed E-state index contributed by atoms with van der Waals surface area (Å²) in [6, 6.07) is 0. The van der Waals surface area contributed by atoms with Gasteiger partial charge in [-0.1, -0.05) is 12.7 Å². The Morgan fingerprint density at radius 2 is 2.15 bits per heavy atom. The van der Waals surface area contributed by atoms with Crippen LogP contribution in [-0.4, -0.2) is 49.8 Å². The number of hydrogen-bond acceptors (Lipinski definition) is 4. The minimum Gasteiger partial charge on any atom is -0.444 e. The van der Waals surface area contributed by atoms with Crippen LogP contribution in [0.15, 0.2) is 12.7 Å². The Hall–Kier alpha value is -1.07. The average molecular weight is 187 g/mol. The van der Waals surface area contributed by atoms with Crippen molar-refractivity contribution in [1.82, 2.24) is 9.91 Å². The second kappa shape index (κ2) is 6.45. The third kappa shape index (κ3) is 6.12. The first-order valence-corrected chi connectivity index (χ1v) is 4.02. The summed E-state index contributed by atoms with van der Waals surface area (Å²) >= 11 is 0. The molecule has 0 saturated heterocycles. The van der Waals surface area contributed by atoms with Gasteiger partial charge >= 0.3 is 6.09 Å². The highest BCUT2D eigenvalue weighted by atomic mass is 16.6. The number of likely N-dealkylation sites (N-methyl/N-ethyl adjacent to an activating group) is 1. The van der Waals surface area contributed by atoms with E-state index in [1.165, 1.54) is 6.08 Å². The third-order valence-electron chi connectivity index (χ3n) is 1.35. The van der Waals surface area contributed by atoms with Crippen LogP contribution in [0.5, 0.6) is 0 Å². The summed E-state index contributed by atoms with van der Waals surface area (Å²) in [6.45, 7) is 4.77. The Morgan fingerprint density at radius 1 is 1.54 bits per heavy atom. The molecule has 0 aromatic rings. The first-order chi connectivity index (χ1) is 6.07. The van der Waals surface area contributed by atoms with Crippen LogP contribution in [0.3, 0.4) is 0 Å². The van der Waals surface area contributed by atoms with Crippen LogP contribution < -0.4 is 5.84 Å². The molecule has 1 amide bonds. The molecular formula is C8H17N3O2. The van der Waals surface area contributed by atoms with Gasteiger partial charge < -0.3 is 9.64 Å². The number of hydrogen-bond donors (Lipinski definition) is 1. The molecule has 0 aliphatic heterocycles. The Morgan fingerprint density at radius 3 is 2.62 bits per heavy atom. The fraction of sp³-hybridized carbons (Fsp3) is 0.625. The molecule has 5 heteroatoms. The highest BCUT2D eigenvalue weighted by Crippen LogP contribution is 1.87. The molecule has 0 rings (SSSR count). The van der Waals surface area contributed by atoms with Gasteiger partial charge in [0.15, 0.2) is 0 Å². The molecule has 0 aromatic carbocycles. The van der Waals surface area contributed by atoms with Crippen LogP contribution in [0, 0.1) is 0 Å². The molecule has 0 spiro atoms. The number of carbonyl (C=O) groups excluding carboxylic acids is 1. The summed E-state index contributed by atoms with van der Waals surface area (Å²) in [6.07, 6.45) is 0.972. The summed E-state index contributed by atoms with van der Waals surface area (Å²) in [5.74, 6) is 5.40. The van der Waals surface area contributed by atoms with Gasteiger partial charge in [-0.15, -0.1) is 0 Å². The van der Waals surface area contributed by atoms with Crippen molar-refractivity contribution in [2.45, 2.75) is 0 Å². The molecule has 0 aliphatic carbocycles. The van der Waals surface area contributed by atoms with Crippen molar-refractivity contribution >= 4 is 6.09 Å². The van der Waals surface area contributed by atoms with E-state index in [1.54, 1.807) is 0 Å². The molecule has 2 N–H and O–H groups in total. The molecule has 0 heterocycles. The highest BCUT2D eigenvalue weighted by Gasteiger charge is 2.09. The van der Waals surface area contributed by atoms with Crippen LogP contribution in [0.2, 0.25) is 0 Å². The van der Waals surface area contributed by atoms with E-state index in [4.69, 9.17) is 10.6 Å². The van der Waals surface area contributed by atoms with Crippen LogP contribution in [-0.2, 0) is 4.74 Å². The second-order valence-electron chi connectivity index (χ2n) is 2.86. The Bertz CT molecular complexity index is 171. The van der Waals surface area contributed by atoms with Crippen molar-refractivity contribution in [3.8, 4) is 0 Å². The minimum atomic E-state index is -0.526. The van der Waals surface area contributed by atoms with Gasteiger partial charge in [0.25, 0.3) is 0 Å². The molecule has 76 valence electrons. The Kier molecular flexibility index (Phi) is 5.92. The average Bonchev–Trinajstić information content (AvgIpc) is 2.10. The van der Waals surface area contributed by atoms with Gasteiger partial charge in [0.05, 0.1) is 6.54 Å². The summed E-state index contributed by atoms with van der Waals surface area (Å²) < 4.78 is 4.71. The van der Waals surface area contributed by atoms with E-state index in [-0.39, 0.29) is 6.61 Å². The zero-order valence-corrected chi connectivity index (χ0v) is 8.19. The molecule has 0 bridgehead atoms. The molecular weight excluding hydrogens is 170 g/mol. The van der Waals surface area contributed by atoms with E-state index in [9.17, 15) is 4.79 Å². The molecule has 0 aliphatic rings. The zero-order valence-electron chi connectivity index (χ0n) is 8.19. The number of nitrogens with zero attached hydrogens (tertiary/aromatic N) is 2. The molecule has 0 saturated carbocycles. The van der Waals surface area contributed by atoms with Crippen LogP contribution in [0.25, 0.3) is 0 Å². The molecule has 0 radical (unpaired) electrons. The molecule has 0 atom stereocenters. The Balaban J connectivity index is 3.62. The third-order valence-corrected chi connectivity index (χ3v) is 1.35. The monoisotopic (exact) mass is 187 g/mol.